The molecule has 178 valence electrons. The first-order chi connectivity index (χ1) is 15.9. The summed E-state index contributed by atoms with van der Waals surface area (Å²) in [6, 6.07) is 16.3. The fourth-order valence-corrected chi connectivity index (χ4v) is 3.97. The molecule has 1 fully saturated rings. The van der Waals surface area contributed by atoms with Gasteiger partial charge in [0, 0.05) is 31.2 Å². The van der Waals surface area contributed by atoms with Crippen molar-refractivity contribution in [1.29, 1.82) is 0 Å². The minimum absolute atomic E-state index is 0.00478. The van der Waals surface area contributed by atoms with Crippen molar-refractivity contribution in [3.8, 4) is 0 Å². The second kappa shape index (κ2) is 12.6. The quantitative estimate of drug-likeness (QED) is 0.522. The Morgan fingerprint density at radius 1 is 1.00 bits per heavy atom. The Labute approximate surface area is 200 Å². The molecule has 1 aliphatic heterocycles. The predicted molar refractivity (Wildman–Crippen MR) is 130 cm³/mol. The molecule has 2 aromatic rings. The Hall–Kier alpha value is -2.61. The molecule has 0 spiro atoms. The normalized spacial score (nSPS) is 16.1. The van der Waals surface area contributed by atoms with Crippen LogP contribution in [0.1, 0.15) is 31.0 Å². The second-order valence-corrected chi connectivity index (χ2v) is 8.93. The summed E-state index contributed by atoms with van der Waals surface area (Å²) in [5.74, 6) is -0.267. The number of nitrogens with one attached hydrogen (secondary N) is 3. The number of benzene rings is 2. The third kappa shape index (κ3) is 7.74. The third-order valence-electron chi connectivity index (χ3n) is 5.74. The third-order valence-corrected chi connectivity index (χ3v) is 5.99. The van der Waals surface area contributed by atoms with Crippen LogP contribution in [0.25, 0.3) is 0 Å². The molecule has 2 aromatic carbocycles. The highest BCUT2D eigenvalue weighted by Crippen LogP contribution is 2.23. The Morgan fingerprint density at radius 3 is 2.30 bits per heavy atom. The van der Waals surface area contributed by atoms with Gasteiger partial charge in [0.25, 0.3) is 0 Å². The minimum atomic E-state index is -0.642. The molecule has 3 rings (SSSR count). The highest BCUT2D eigenvalue weighted by Gasteiger charge is 2.27. The highest BCUT2D eigenvalue weighted by atomic mass is 35.5. The molecule has 0 bridgehead atoms. The van der Waals surface area contributed by atoms with E-state index in [2.05, 4.69) is 20.9 Å². The summed E-state index contributed by atoms with van der Waals surface area (Å²) < 4.78 is 5.49. The number of halogens is 1. The molecule has 33 heavy (non-hydrogen) atoms. The number of carbonyl (C=O) groups is 2. The van der Waals surface area contributed by atoms with E-state index in [0.29, 0.717) is 31.3 Å². The van der Waals surface area contributed by atoms with Gasteiger partial charge in [0.05, 0.1) is 19.3 Å². The van der Waals surface area contributed by atoms with Crippen molar-refractivity contribution in [2.75, 3.05) is 32.8 Å². The van der Waals surface area contributed by atoms with Crippen LogP contribution in [0.4, 0.5) is 4.79 Å². The van der Waals surface area contributed by atoms with Gasteiger partial charge in [-0.25, -0.2) is 4.79 Å². The minimum Gasteiger partial charge on any atom is -0.379 e. The van der Waals surface area contributed by atoms with Gasteiger partial charge in [-0.05, 0) is 29.2 Å². The van der Waals surface area contributed by atoms with Crippen LogP contribution in [-0.2, 0) is 16.1 Å². The Kier molecular flexibility index (Phi) is 9.54. The van der Waals surface area contributed by atoms with Crippen LogP contribution < -0.4 is 16.0 Å². The first-order valence-electron chi connectivity index (χ1n) is 11.4. The van der Waals surface area contributed by atoms with E-state index in [-0.39, 0.29) is 23.9 Å². The van der Waals surface area contributed by atoms with Gasteiger partial charge in [-0.2, -0.15) is 0 Å². The Bertz CT molecular complexity index is 886. The van der Waals surface area contributed by atoms with E-state index in [1.165, 1.54) is 0 Å². The summed E-state index contributed by atoms with van der Waals surface area (Å²) in [6.45, 7) is 7.56. The van der Waals surface area contributed by atoms with Gasteiger partial charge in [0.2, 0.25) is 5.91 Å². The van der Waals surface area contributed by atoms with Gasteiger partial charge in [0.1, 0.15) is 6.04 Å². The van der Waals surface area contributed by atoms with Gasteiger partial charge in [0.15, 0.2) is 0 Å². The van der Waals surface area contributed by atoms with Crippen LogP contribution in [0.2, 0.25) is 5.02 Å². The van der Waals surface area contributed by atoms with Crippen LogP contribution in [0.15, 0.2) is 54.6 Å². The first-order valence-corrected chi connectivity index (χ1v) is 11.7. The largest absolute Gasteiger partial charge is 0.379 e. The summed E-state index contributed by atoms with van der Waals surface area (Å²) in [7, 11) is 0. The van der Waals surface area contributed by atoms with E-state index < -0.39 is 6.04 Å². The zero-order valence-corrected chi connectivity index (χ0v) is 20.0. The Morgan fingerprint density at radius 2 is 1.67 bits per heavy atom. The van der Waals surface area contributed by atoms with Crippen LogP contribution in [0.5, 0.6) is 0 Å². The molecule has 2 unspecified atom stereocenters. The maximum Gasteiger partial charge on any atom is 0.315 e. The maximum atomic E-state index is 13.0. The van der Waals surface area contributed by atoms with E-state index in [1.54, 1.807) is 0 Å². The summed E-state index contributed by atoms with van der Waals surface area (Å²) in [6.07, 6.45) is 0. The van der Waals surface area contributed by atoms with Crippen molar-refractivity contribution < 1.29 is 14.3 Å². The van der Waals surface area contributed by atoms with Crippen LogP contribution in [0.3, 0.4) is 0 Å². The molecule has 3 N–H and O–H groups in total. The van der Waals surface area contributed by atoms with E-state index >= 15 is 0 Å². The predicted octanol–water partition coefficient (Wildman–Crippen LogP) is 3.35. The van der Waals surface area contributed by atoms with E-state index in [0.717, 1.165) is 24.2 Å². The van der Waals surface area contributed by atoms with E-state index in [9.17, 15) is 9.59 Å². The number of hydrogen-bond donors (Lipinski definition) is 3. The number of amides is 3. The molecule has 1 saturated heterocycles. The SMILES string of the molecule is CC(C)C(NC(=O)NCc1ccccc1)C(=O)NCC(c1ccc(Cl)cc1)N1CCOCC1. The van der Waals surface area contributed by atoms with Crippen LogP contribution >= 0.6 is 11.6 Å². The number of carbonyl (C=O) groups excluding carboxylic acids is 2. The average molecular weight is 473 g/mol. The van der Waals surface area contributed by atoms with Gasteiger partial charge >= 0.3 is 6.03 Å². The number of urea groups is 1. The lowest BCUT2D eigenvalue weighted by molar-refractivity contribution is -0.124. The van der Waals surface area contributed by atoms with Crippen molar-refractivity contribution in [1.82, 2.24) is 20.9 Å². The molecule has 3 amide bonds. The topological polar surface area (TPSA) is 82.7 Å². The highest BCUT2D eigenvalue weighted by molar-refractivity contribution is 6.30. The van der Waals surface area contributed by atoms with Crippen molar-refractivity contribution in [2.45, 2.75) is 32.5 Å². The van der Waals surface area contributed by atoms with Gasteiger partial charge in [-0.3, -0.25) is 9.69 Å². The lowest BCUT2D eigenvalue weighted by atomic mass is 10.0. The van der Waals surface area contributed by atoms with Crippen LogP contribution in [-0.4, -0.2) is 55.7 Å². The maximum absolute atomic E-state index is 13.0. The lowest BCUT2D eigenvalue weighted by Crippen LogP contribution is -2.53. The molecular weight excluding hydrogens is 440 g/mol. The number of rotatable bonds is 9. The van der Waals surface area contributed by atoms with Crippen LogP contribution in [0, 0.1) is 5.92 Å². The Balaban J connectivity index is 1.60. The monoisotopic (exact) mass is 472 g/mol. The molecule has 0 saturated carbocycles. The first kappa shape index (κ1) is 25.0. The zero-order valence-electron chi connectivity index (χ0n) is 19.2. The fraction of sp³-hybridized carbons (Fsp3) is 0.440. The zero-order chi connectivity index (χ0) is 23.6. The second-order valence-electron chi connectivity index (χ2n) is 8.50. The van der Waals surface area contributed by atoms with Gasteiger partial charge in [-0.15, -0.1) is 0 Å². The number of nitrogens with zero attached hydrogens (tertiary/aromatic N) is 1. The van der Waals surface area contributed by atoms with Crippen molar-refractivity contribution >= 4 is 23.5 Å². The summed E-state index contributed by atoms with van der Waals surface area (Å²) in [5, 5.41) is 9.38. The number of hydrogen-bond acceptors (Lipinski definition) is 4. The van der Waals surface area contributed by atoms with Crippen molar-refractivity contribution in [2.24, 2.45) is 5.92 Å². The van der Waals surface area contributed by atoms with Crippen molar-refractivity contribution in [3.05, 3.63) is 70.7 Å². The molecule has 2 atom stereocenters. The number of ether oxygens (including phenoxy) is 1. The molecule has 1 aliphatic rings. The number of morpholine rings is 1. The van der Waals surface area contributed by atoms with E-state index in [4.69, 9.17) is 16.3 Å². The fourth-order valence-electron chi connectivity index (χ4n) is 3.84. The standard InChI is InChI=1S/C25H33ClN4O3/c1-18(2)23(29-25(32)28-16-19-6-4-3-5-7-19)24(31)27-17-22(30-12-14-33-15-13-30)20-8-10-21(26)11-9-20/h3-11,18,22-23H,12-17H2,1-2H3,(H,27,31)(H2,28,29,32). The lowest BCUT2D eigenvalue weighted by Gasteiger charge is -2.35. The van der Waals surface area contributed by atoms with Gasteiger partial charge in [-0.1, -0.05) is 67.9 Å². The molecule has 0 aliphatic carbocycles. The smallest absolute Gasteiger partial charge is 0.315 e. The van der Waals surface area contributed by atoms with E-state index in [1.807, 2.05) is 68.4 Å². The average Bonchev–Trinajstić information content (AvgIpc) is 2.83. The molecule has 8 heteroatoms. The summed E-state index contributed by atoms with van der Waals surface area (Å²) in [4.78, 5) is 27.8. The van der Waals surface area contributed by atoms with Gasteiger partial charge < -0.3 is 20.7 Å². The summed E-state index contributed by atoms with van der Waals surface area (Å²) >= 11 is 6.07. The summed E-state index contributed by atoms with van der Waals surface area (Å²) in [5.41, 5.74) is 2.07. The molecule has 0 aromatic heterocycles. The molecule has 0 radical (unpaired) electrons. The van der Waals surface area contributed by atoms with Crippen molar-refractivity contribution in [3.63, 3.8) is 0 Å². The molecular formula is C25H33ClN4O3. The molecule has 1 heterocycles. The molecule has 7 nitrogen and oxygen atoms in total.